The molecular weight excluding hydrogens is 389 g/mol. The molecule has 0 unspecified atom stereocenters. The largest absolute Gasteiger partial charge is 0.416 e. The summed E-state index contributed by atoms with van der Waals surface area (Å²) in [6.45, 7) is 1.62. The summed E-state index contributed by atoms with van der Waals surface area (Å²) in [5.41, 5.74) is -0.352. The van der Waals surface area contributed by atoms with Gasteiger partial charge in [-0.3, -0.25) is 9.20 Å². The van der Waals surface area contributed by atoms with Gasteiger partial charge in [-0.15, -0.1) is 10.2 Å². The molecule has 0 spiro atoms. The summed E-state index contributed by atoms with van der Waals surface area (Å²) >= 11 is 7.04. The number of benzene rings is 1. The predicted molar refractivity (Wildman–Crippen MR) is 93.4 cm³/mol. The van der Waals surface area contributed by atoms with Crippen LogP contribution in [0, 0.1) is 0 Å². The third kappa shape index (κ3) is 3.94. The van der Waals surface area contributed by atoms with Crippen LogP contribution in [0.25, 0.3) is 5.65 Å². The Morgan fingerprint density at radius 2 is 2.04 bits per heavy atom. The average molecular weight is 401 g/mol. The molecule has 0 saturated heterocycles. The van der Waals surface area contributed by atoms with Crippen molar-refractivity contribution in [3.63, 3.8) is 0 Å². The highest BCUT2D eigenvalue weighted by Crippen LogP contribution is 2.34. The fraction of sp³-hybridized carbons (Fsp3) is 0.188. The Hall–Kier alpha value is -2.26. The number of hydrogen-bond donors (Lipinski definition) is 1. The van der Waals surface area contributed by atoms with Gasteiger partial charge < -0.3 is 5.32 Å². The smallest absolute Gasteiger partial charge is 0.324 e. The molecule has 0 aliphatic heterocycles. The van der Waals surface area contributed by atoms with Crippen LogP contribution in [0.3, 0.4) is 0 Å². The van der Waals surface area contributed by atoms with E-state index in [1.165, 1.54) is 0 Å². The number of halogens is 4. The zero-order valence-electron chi connectivity index (χ0n) is 13.3. The summed E-state index contributed by atoms with van der Waals surface area (Å²) in [6.07, 6.45) is -2.77. The normalized spacial score (nSPS) is 13.0. The number of nitrogens with zero attached hydrogens (tertiary/aromatic N) is 3. The van der Waals surface area contributed by atoms with E-state index in [1.54, 1.807) is 29.7 Å². The van der Waals surface area contributed by atoms with Crippen LogP contribution in [0.1, 0.15) is 12.5 Å². The minimum absolute atomic E-state index is 0.0245. The molecule has 3 rings (SSSR count). The average Bonchev–Trinajstić information content (AvgIpc) is 2.99. The number of aromatic nitrogens is 3. The highest BCUT2D eigenvalue weighted by Gasteiger charge is 2.31. The van der Waals surface area contributed by atoms with Crippen LogP contribution in [-0.4, -0.2) is 25.8 Å². The minimum atomic E-state index is -4.52. The second kappa shape index (κ2) is 7.16. The number of carbonyl (C=O) groups excluding carboxylic acids is 1. The van der Waals surface area contributed by atoms with Crippen LogP contribution < -0.4 is 5.32 Å². The Kier molecular flexibility index (Phi) is 5.10. The number of hydrogen-bond acceptors (Lipinski definition) is 4. The molecule has 1 amide bonds. The third-order valence-corrected chi connectivity index (χ3v) is 4.87. The zero-order chi connectivity index (χ0) is 18.9. The van der Waals surface area contributed by atoms with Gasteiger partial charge in [0.05, 0.1) is 21.5 Å². The number of anilines is 1. The van der Waals surface area contributed by atoms with Crippen molar-refractivity contribution in [2.75, 3.05) is 5.32 Å². The summed E-state index contributed by atoms with van der Waals surface area (Å²) in [7, 11) is 0. The van der Waals surface area contributed by atoms with E-state index in [0.717, 1.165) is 30.0 Å². The van der Waals surface area contributed by atoms with Crippen LogP contribution in [0.2, 0.25) is 5.02 Å². The first-order valence-corrected chi connectivity index (χ1v) is 8.65. The van der Waals surface area contributed by atoms with E-state index in [9.17, 15) is 18.0 Å². The van der Waals surface area contributed by atoms with E-state index in [-0.39, 0.29) is 10.7 Å². The molecule has 0 saturated carbocycles. The maximum absolute atomic E-state index is 12.8. The van der Waals surface area contributed by atoms with Gasteiger partial charge >= 0.3 is 6.18 Å². The van der Waals surface area contributed by atoms with Crippen LogP contribution in [0.4, 0.5) is 18.9 Å². The molecule has 1 N–H and O–H groups in total. The highest BCUT2D eigenvalue weighted by molar-refractivity contribution is 8.00. The number of carbonyl (C=O) groups is 1. The van der Waals surface area contributed by atoms with Gasteiger partial charge in [0.25, 0.3) is 0 Å². The molecular formula is C16H12ClF3N4OS. The van der Waals surface area contributed by atoms with Gasteiger partial charge in [-0.2, -0.15) is 13.2 Å². The van der Waals surface area contributed by atoms with Gasteiger partial charge in [0.2, 0.25) is 5.91 Å². The Morgan fingerprint density at radius 3 is 2.77 bits per heavy atom. The van der Waals surface area contributed by atoms with Gasteiger partial charge in [0.1, 0.15) is 0 Å². The molecule has 26 heavy (non-hydrogen) atoms. The van der Waals surface area contributed by atoms with E-state index in [4.69, 9.17) is 11.6 Å². The van der Waals surface area contributed by atoms with Crippen molar-refractivity contribution in [3.8, 4) is 0 Å². The first-order chi connectivity index (χ1) is 12.3. The SMILES string of the molecule is C[C@@H](Sc1nnc2ccccn12)C(=O)Nc1cc(C(F)(F)F)ccc1Cl. The summed E-state index contributed by atoms with van der Waals surface area (Å²) in [4.78, 5) is 12.4. The second-order valence-electron chi connectivity index (χ2n) is 5.35. The zero-order valence-corrected chi connectivity index (χ0v) is 14.9. The van der Waals surface area contributed by atoms with Gasteiger partial charge in [-0.25, -0.2) is 0 Å². The maximum Gasteiger partial charge on any atom is 0.416 e. The quantitative estimate of drug-likeness (QED) is 0.654. The summed E-state index contributed by atoms with van der Waals surface area (Å²) < 4.78 is 40.2. The van der Waals surface area contributed by atoms with Crippen molar-refractivity contribution < 1.29 is 18.0 Å². The van der Waals surface area contributed by atoms with Gasteiger partial charge in [-0.05, 0) is 37.3 Å². The molecule has 2 heterocycles. The fourth-order valence-electron chi connectivity index (χ4n) is 2.14. The number of nitrogens with one attached hydrogen (secondary N) is 1. The van der Waals surface area contributed by atoms with Gasteiger partial charge in [0.15, 0.2) is 10.8 Å². The van der Waals surface area contributed by atoms with E-state index >= 15 is 0 Å². The lowest BCUT2D eigenvalue weighted by Crippen LogP contribution is -2.23. The molecule has 0 bridgehead atoms. The van der Waals surface area contributed by atoms with E-state index in [1.807, 2.05) is 6.07 Å². The number of pyridine rings is 1. The van der Waals surface area contributed by atoms with Crippen molar-refractivity contribution in [2.45, 2.75) is 23.5 Å². The monoisotopic (exact) mass is 400 g/mol. The minimum Gasteiger partial charge on any atom is -0.324 e. The lowest BCUT2D eigenvalue weighted by atomic mass is 10.2. The lowest BCUT2D eigenvalue weighted by molar-refractivity contribution is -0.137. The van der Waals surface area contributed by atoms with Crippen molar-refractivity contribution in [1.29, 1.82) is 0 Å². The van der Waals surface area contributed by atoms with E-state index in [0.29, 0.717) is 10.8 Å². The topological polar surface area (TPSA) is 59.3 Å². The Balaban J connectivity index is 1.75. The number of fused-ring (bicyclic) bond motifs is 1. The molecule has 0 fully saturated rings. The van der Waals surface area contributed by atoms with Crippen LogP contribution in [0.15, 0.2) is 47.8 Å². The van der Waals surface area contributed by atoms with E-state index in [2.05, 4.69) is 15.5 Å². The first kappa shape index (κ1) is 18.5. The van der Waals surface area contributed by atoms with Crippen molar-refractivity contribution in [2.24, 2.45) is 0 Å². The third-order valence-electron chi connectivity index (χ3n) is 3.49. The first-order valence-electron chi connectivity index (χ1n) is 7.40. The predicted octanol–water partition coefficient (Wildman–Crippen LogP) is 4.52. The van der Waals surface area contributed by atoms with Crippen LogP contribution in [-0.2, 0) is 11.0 Å². The number of thioether (sulfide) groups is 1. The summed E-state index contributed by atoms with van der Waals surface area (Å²) in [6, 6.07) is 8.15. The van der Waals surface area contributed by atoms with Crippen LogP contribution in [0.5, 0.6) is 0 Å². The lowest BCUT2D eigenvalue weighted by Gasteiger charge is -2.14. The Bertz CT molecular complexity index is 960. The molecule has 0 aliphatic carbocycles. The summed E-state index contributed by atoms with van der Waals surface area (Å²) in [5, 5.41) is 10.3. The van der Waals surface area contributed by atoms with Crippen LogP contribution >= 0.6 is 23.4 Å². The highest BCUT2D eigenvalue weighted by atomic mass is 35.5. The maximum atomic E-state index is 12.8. The molecule has 3 aromatic rings. The molecule has 5 nitrogen and oxygen atoms in total. The molecule has 2 aromatic heterocycles. The fourth-order valence-corrected chi connectivity index (χ4v) is 3.15. The second-order valence-corrected chi connectivity index (χ2v) is 7.07. The Labute approximate surface area is 155 Å². The van der Waals surface area contributed by atoms with Gasteiger partial charge in [-0.1, -0.05) is 29.4 Å². The molecule has 136 valence electrons. The molecule has 0 radical (unpaired) electrons. The van der Waals surface area contributed by atoms with Crippen molar-refractivity contribution >= 4 is 40.6 Å². The molecule has 0 aliphatic rings. The van der Waals surface area contributed by atoms with Crippen molar-refractivity contribution in [1.82, 2.24) is 14.6 Å². The molecule has 10 heteroatoms. The summed E-state index contributed by atoms with van der Waals surface area (Å²) in [5.74, 6) is -0.496. The number of rotatable bonds is 4. The standard InChI is InChI=1S/C16H12ClF3N4OS/c1-9(26-15-23-22-13-4-2-3-7-24(13)15)14(25)21-12-8-10(16(18,19)20)5-6-11(12)17/h2-9H,1H3,(H,21,25)/t9-/m1/s1. The van der Waals surface area contributed by atoms with Crippen molar-refractivity contribution in [3.05, 3.63) is 53.2 Å². The van der Waals surface area contributed by atoms with E-state index < -0.39 is 22.9 Å². The number of alkyl halides is 3. The molecule has 1 aromatic carbocycles. The molecule has 1 atom stereocenters. The number of amides is 1. The Morgan fingerprint density at radius 1 is 1.27 bits per heavy atom. The van der Waals surface area contributed by atoms with Gasteiger partial charge in [0, 0.05) is 6.20 Å².